The highest BCUT2D eigenvalue weighted by Crippen LogP contribution is 2.22. The number of carbonyl (C=O) groups excluding carboxylic acids is 1. The van der Waals surface area contributed by atoms with E-state index in [9.17, 15) is 9.18 Å². The molecule has 0 saturated heterocycles. The normalized spacial score (nSPS) is 10.2. The maximum atomic E-state index is 12.9. The Balaban J connectivity index is 1.83. The minimum Gasteiger partial charge on any atom is -0.340 e. The summed E-state index contributed by atoms with van der Waals surface area (Å²) in [5.41, 5.74) is 1.58. The first-order valence-corrected chi connectivity index (χ1v) is 7.54. The van der Waals surface area contributed by atoms with Crippen molar-refractivity contribution in [3.8, 4) is 0 Å². The third-order valence-electron chi connectivity index (χ3n) is 3.24. The van der Waals surface area contributed by atoms with Crippen molar-refractivity contribution in [3.05, 3.63) is 83.3 Å². The number of aromatic nitrogens is 1. The Morgan fingerprint density at radius 2 is 1.79 bits per heavy atom. The first-order valence-electron chi connectivity index (χ1n) is 7.16. The minimum atomic E-state index is -0.363. The van der Waals surface area contributed by atoms with Gasteiger partial charge in [-0.2, -0.15) is 0 Å². The van der Waals surface area contributed by atoms with Crippen LogP contribution in [0.25, 0.3) is 0 Å². The van der Waals surface area contributed by atoms with E-state index in [0.29, 0.717) is 22.1 Å². The number of pyridine rings is 1. The van der Waals surface area contributed by atoms with Crippen LogP contribution in [-0.2, 0) is 0 Å². The van der Waals surface area contributed by atoms with Gasteiger partial charge < -0.3 is 10.6 Å². The predicted octanol–water partition coefficient (Wildman–Crippen LogP) is 4.87. The molecule has 1 aromatic heterocycles. The van der Waals surface area contributed by atoms with E-state index in [1.807, 2.05) is 6.07 Å². The number of nitrogens with one attached hydrogen (secondary N) is 2. The van der Waals surface area contributed by atoms with Crippen LogP contribution in [0.4, 0.5) is 21.6 Å². The first kappa shape index (κ1) is 16.0. The number of rotatable bonds is 4. The molecule has 0 radical (unpaired) electrons. The summed E-state index contributed by atoms with van der Waals surface area (Å²) in [7, 11) is 0. The van der Waals surface area contributed by atoms with Crippen LogP contribution in [0.2, 0.25) is 5.02 Å². The van der Waals surface area contributed by atoms with Crippen LogP contribution >= 0.6 is 11.6 Å². The number of nitrogens with zero attached hydrogens (tertiary/aromatic N) is 1. The predicted molar refractivity (Wildman–Crippen MR) is 93.3 cm³/mol. The number of halogens is 2. The summed E-state index contributed by atoms with van der Waals surface area (Å²) in [5, 5.41) is 6.36. The summed E-state index contributed by atoms with van der Waals surface area (Å²) >= 11 is 5.96. The van der Waals surface area contributed by atoms with Crippen molar-refractivity contribution in [1.29, 1.82) is 0 Å². The van der Waals surface area contributed by atoms with Crippen LogP contribution in [0.1, 0.15) is 10.4 Å². The highest BCUT2D eigenvalue weighted by molar-refractivity contribution is 6.30. The fourth-order valence-corrected chi connectivity index (χ4v) is 2.31. The van der Waals surface area contributed by atoms with Crippen molar-refractivity contribution < 1.29 is 9.18 Å². The second-order valence-electron chi connectivity index (χ2n) is 5.00. The maximum Gasteiger partial charge on any atom is 0.259 e. The van der Waals surface area contributed by atoms with E-state index in [1.54, 1.807) is 36.5 Å². The number of carbonyl (C=O) groups is 1. The van der Waals surface area contributed by atoms with Crippen LogP contribution in [-0.4, -0.2) is 10.9 Å². The zero-order valence-electron chi connectivity index (χ0n) is 12.5. The topological polar surface area (TPSA) is 54.0 Å². The Bertz CT molecular complexity index is 868. The van der Waals surface area contributed by atoms with E-state index in [2.05, 4.69) is 15.6 Å². The summed E-state index contributed by atoms with van der Waals surface area (Å²) in [6, 6.07) is 16.0. The molecule has 0 aliphatic carbocycles. The molecule has 6 heteroatoms. The summed E-state index contributed by atoms with van der Waals surface area (Å²) in [6.45, 7) is 0. The molecule has 0 bridgehead atoms. The number of anilines is 3. The van der Waals surface area contributed by atoms with Gasteiger partial charge in [-0.25, -0.2) is 9.37 Å². The molecule has 0 aliphatic heterocycles. The third-order valence-corrected chi connectivity index (χ3v) is 3.48. The lowest BCUT2D eigenvalue weighted by Gasteiger charge is -2.11. The number of hydrogen-bond acceptors (Lipinski definition) is 3. The fourth-order valence-electron chi connectivity index (χ4n) is 2.12. The van der Waals surface area contributed by atoms with Gasteiger partial charge in [0.05, 0.1) is 5.56 Å². The fraction of sp³-hybridized carbons (Fsp3) is 0. The van der Waals surface area contributed by atoms with Gasteiger partial charge in [0.25, 0.3) is 5.91 Å². The van der Waals surface area contributed by atoms with Gasteiger partial charge in [0.1, 0.15) is 11.6 Å². The zero-order valence-corrected chi connectivity index (χ0v) is 13.2. The quantitative estimate of drug-likeness (QED) is 0.711. The van der Waals surface area contributed by atoms with E-state index in [1.165, 1.54) is 24.3 Å². The van der Waals surface area contributed by atoms with Gasteiger partial charge in [-0.3, -0.25) is 4.79 Å². The Hall–Kier alpha value is -2.92. The van der Waals surface area contributed by atoms with Crippen molar-refractivity contribution in [2.24, 2.45) is 0 Å². The van der Waals surface area contributed by atoms with E-state index in [-0.39, 0.29) is 11.7 Å². The number of benzene rings is 2. The summed E-state index contributed by atoms with van der Waals surface area (Å²) < 4.78 is 12.9. The zero-order chi connectivity index (χ0) is 16.9. The van der Waals surface area contributed by atoms with Crippen LogP contribution < -0.4 is 10.6 Å². The lowest BCUT2D eigenvalue weighted by molar-refractivity contribution is 0.102. The van der Waals surface area contributed by atoms with Gasteiger partial charge >= 0.3 is 0 Å². The molecule has 0 spiro atoms. The Morgan fingerprint density at radius 1 is 1.00 bits per heavy atom. The number of hydrogen-bond donors (Lipinski definition) is 2. The molecule has 0 saturated carbocycles. The van der Waals surface area contributed by atoms with Crippen LogP contribution in [0.5, 0.6) is 0 Å². The second kappa shape index (κ2) is 7.10. The van der Waals surface area contributed by atoms with Crippen LogP contribution in [0.3, 0.4) is 0 Å². The molecule has 2 N–H and O–H groups in total. The maximum absolute atomic E-state index is 12.9. The van der Waals surface area contributed by atoms with E-state index < -0.39 is 0 Å². The molecule has 3 aromatic rings. The molecule has 1 amide bonds. The average Bonchev–Trinajstić information content (AvgIpc) is 2.57. The van der Waals surface area contributed by atoms with Gasteiger partial charge in [-0.15, -0.1) is 0 Å². The molecule has 0 atom stereocenters. The molecule has 3 rings (SSSR count). The highest BCUT2D eigenvalue weighted by atomic mass is 35.5. The molecule has 0 fully saturated rings. The summed E-state index contributed by atoms with van der Waals surface area (Å²) in [5.74, 6) is -0.309. The monoisotopic (exact) mass is 341 g/mol. The van der Waals surface area contributed by atoms with Crippen molar-refractivity contribution in [3.63, 3.8) is 0 Å². The van der Waals surface area contributed by atoms with Gasteiger partial charge in [-0.1, -0.05) is 17.7 Å². The smallest absolute Gasteiger partial charge is 0.259 e. The van der Waals surface area contributed by atoms with E-state index in [4.69, 9.17) is 11.6 Å². The van der Waals surface area contributed by atoms with Gasteiger partial charge in [0.2, 0.25) is 0 Å². The van der Waals surface area contributed by atoms with Crippen molar-refractivity contribution in [2.45, 2.75) is 0 Å². The molecule has 24 heavy (non-hydrogen) atoms. The molecule has 1 heterocycles. The second-order valence-corrected chi connectivity index (χ2v) is 5.43. The molecule has 0 aliphatic rings. The van der Waals surface area contributed by atoms with E-state index in [0.717, 1.165) is 5.69 Å². The molecular weight excluding hydrogens is 329 g/mol. The molecule has 2 aromatic carbocycles. The molecule has 4 nitrogen and oxygen atoms in total. The van der Waals surface area contributed by atoms with Gasteiger partial charge in [0.15, 0.2) is 0 Å². The van der Waals surface area contributed by atoms with E-state index >= 15 is 0 Å². The van der Waals surface area contributed by atoms with Crippen LogP contribution in [0, 0.1) is 5.82 Å². The summed E-state index contributed by atoms with van der Waals surface area (Å²) in [6.07, 6.45) is 1.58. The van der Waals surface area contributed by atoms with Crippen molar-refractivity contribution in [2.75, 3.05) is 10.6 Å². The standard InChI is InChI=1S/C18H13ClFN3O/c19-12-3-1-4-15(11-12)22-17-16(5-2-10-21-17)18(24)23-14-8-6-13(20)7-9-14/h1-11H,(H,21,22)(H,23,24). The average molecular weight is 342 g/mol. The Morgan fingerprint density at radius 3 is 2.54 bits per heavy atom. The molecule has 0 unspecified atom stereocenters. The molecular formula is C18H13ClFN3O. The number of amides is 1. The van der Waals surface area contributed by atoms with Crippen molar-refractivity contribution in [1.82, 2.24) is 4.98 Å². The SMILES string of the molecule is O=C(Nc1ccc(F)cc1)c1cccnc1Nc1cccc(Cl)c1. The molecule has 120 valence electrons. The lowest BCUT2D eigenvalue weighted by atomic mass is 10.2. The Labute approximate surface area is 143 Å². The largest absolute Gasteiger partial charge is 0.340 e. The van der Waals surface area contributed by atoms with Crippen molar-refractivity contribution >= 4 is 34.7 Å². The first-order chi connectivity index (χ1) is 11.6. The lowest BCUT2D eigenvalue weighted by Crippen LogP contribution is -2.14. The van der Waals surface area contributed by atoms with Crippen LogP contribution in [0.15, 0.2) is 66.9 Å². The highest BCUT2D eigenvalue weighted by Gasteiger charge is 2.13. The van der Waals surface area contributed by atoms with Gasteiger partial charge in [0, 0.05) is 22.6 Å². The minimum absolute atomic E-state index is 0.348. The third kappa shape index (κ3) is 3.88. The Kier molecular flexibility index (Phi) is 4.72. The van der Waals surface area contributed by atoms with Gasteiger partial charge in [-0.05, 0) is 54.6 Å². The summed E-state index contributed by atoms with van der Waals surface area (Å²) in [4.78, 5) is 16.7.